The van der Waals surface area contributed by atoms with Crippen LogP contribution in [0.25, 0.3) is 0 Å². The van der Waals surface area contributed by atoms with Gasteiger partial charge >= 0.3 is 0 Å². The van der Waals surface area contributed by atoms with Crippen LogP contribution >= 0.6 is 0 Å². The Morgan fingerprint density at radius 3 is 1.96 bits per heavy atom. The monoisotopic (exact) mass is 320 g/mol. The van der Waals surface area contributed by atoms with E-state index in [2.05, 4.69) is 44.4 Å². The molecule has 23 heavy (non-hydrogen) atoms. The predicted molar refractivity (Wildman–Crippen MR) is 99.7 cm³/mol. The molecule has 1 saturated carbocycles. The van der Waals surface area contributed by atoms with Crippen LogP contribution in [0.1, 0.15) is 73.1 Å². The topological polar surface area (TPSA) is 6.48 Å². The third-order valence-corrected chi connectivity index (χ3v) is 7.76. The minimum Gasteiger partial charge on any atom is -0.303 e. The summed E-state index contributed by atoms with van der Waals surface area (Å²) >= 11 is 0. The molecule has 2 heterocycles. The zero-order valence-corrected chi connectivity index (χ0v) is 16.4. The van der Waals surface area contributed by atoms with Gasteiger partial charge in [0.1, 0.15) is 0 Å². The first kappa shape index (κ1) is 17.7. The van der Waals surface area contributed by atoms with E-state index in [4.69, 9.17) is 0 Å². The molecule has 3 aliphatic rings. The van der Waals surface area contributed by atoms with Crippen molar-refractivity contribution in [3.8, 4) is 0 Å². The van der Waals surface area contributed by atoms with Crippen molar-refractivity contribution < 1.29 is 0 Å². The summed E-state index contributed by atoms with van der Waals surface area (Å²) in [5, 5.41) is 0. The Bertz CT molecular complexity index is 377. The molecule has 0 atom stereocenters. The van der Waals surface area contributed by atoms with Crippen molar-refractivity contribution in [1.82, 2.24) is 9.80 Å². The van der Waals surface area contributed by atoms with Crippen molar-refractivity contribution in [2.24, 2.45) is 22.7 Å². The summed E-state index contributed by atoms with van der Waals surface area (Å²) in [5.74, 6) is 1.82. The van der Waals surface area contributed by atoms with Gasteiger partial charge in [0.25, 0.3) is 0 Å². The third-order valence-electron chi connectivity index (χ3n) is 7.76. The van der Waals surface area contributed by atoms with Gasteiger partial charge in [-0.25, -0.2) is 0 Å². The van der Waals surface area contributed by atoms with E-state index < -0.39 is 0 Å². The molecular formula is C21H40N2. The molecule has 2 heteroatoms. The van der Waals surface area contributed by atoms with Gasteiger partial charge in [0.15, 0.2) is 0 Å². The van der Waals surface area contributed by atoms with Crippen molar-refractivity contribution in [3.63, 3.8) is 0 Å². The minimum atomic E-state index is 0.645. The zero-order valence-electron chi connectivity index (χ0n) is 16.4. The molecule has 134 valence electrons. The smallest absolute Gasteiger partial charge is 0.00385 e. The van der Waals surface area contributed by atoms with Gasteiger partial charge in [-0.2, -0.15) is 0 Å². The van der Waals surface area contributed by atoms with Crippen LogP contribution in [0.4, 0.5) is 0 Å². The van der Waals surface area contributed by atoms with Crippen LogP contribution in [-0.4, -0.2) is 48.6 Å². The van der Waals surface area contributed by atoms with Gasteiger partial charge in [0.05, 0.1) is 0 Å². The van der Waals surface area contributed by atoms with E-state index in [-0.39, 0.29) is 0 Å². The van der Waals surface area contributed by atoms with Gasteiger partial charge in [0, 0.05) is 12.6 Å². The van der Waals surface area contributed by atoms with Crippen LogP contribution in [0.5, 0.6) is 0 Å². The van der Waals surface area contributed by atoms with Crippen LogP contribution in [0, 0.1) is 22.7 Å². The summed E-state index contributed by atoms with van der Waals surface area (Å²) in [7, 11) is 0. The van der Waals surface area contributed by atoms with Crippen LogP contribution in [0.3, 0.4) is 0 Å². The van der Waals surface area contributed by atoms with E-state index in [0.29, 0.717) is 5.41 Å². The molecule has 0 bridgehead atoms. The number of likely N-dealkylation sites (tertiary alicyclic amines) is 2. The lowest BCUT2D eigenvalue weighted by Crippen LogP contribution is -2.53. The van der Waals surface area contributed by atoms with Gasteiger partial charge < -0.3 is 9.80 Å². The van der Waals surface area contributed by atoms with Gasteiger partial charge in [0.2, 0.25) is 0 Å². The molecule has 0 N–H and O–H groups in total. The third kappa shape index (κ3) is 3.79. The van der Waals surface area contributed by atoms with E-state index >= 15 is 0 Å². The summed E-state index contributed by atoms with van der Waals surface area (Å²) in [6, 6.07) is 0.736. The highest BCUT2D eigenvalue weighted by atomic mass is 15.2. The van der Waals surface area contributed by atoms with Gasteiger partial charge in [-0.1, -0.05) is 20.8 Å². The minimum absolute atomic E-state index is 0.645. The SMILES string of the molecule is CC(C)N1CCC(CN2CCC3(CC2)CC(C)(C(C)C)C3)CC1. The second-order valence-electron chi connectivity index (χ2n) is 10.0. The second kappa shape index (κ2) is 6.67. The van der Waals surface area contributed by atoms with E-state index in [1.165, 1.54) is 71.2 Å². The van der Waals surface area contributed by atoms with Gasteiger partial charge in [-0.3, -0.25) is 0 Å². The molecule has 0 amide bonds. The number of piperidine rings is 2. The largest absolute Gasteiger partial charge is 0.303 e. The first-order chi connectivity index (χ1) is 10.8. The fourth-order valence-electron chi connectivity index (χ4n) is 5.65. The fraction of sp³-hybridized carbons (Fsp3) is 1.00. The van der Waals surface area contributed by atoms with Crippen molar-refractivity contribution >= 4 is 0 Å². The predicted octanol–water partition coefficient (Wildman–Crippen LogP) is 4.65. The number of rotatable bonds is 4. The number of nitrogens with zero attached hydrogens (tertiary/aromatic N) is 2. The van der Waals surface area contributed by atoms with E-state index in [0.717, 1.165) is 23.3 Å². The van der Waals surface area contributed by atoms with E-state index in [1.54, 1.807) is 0 Å². The van der Waals surface area contributed by atoms with Gasteiger partial charge in [-0.05, 0) is 101 Å². The molecule has 2 aliphatic heterocycles. The summed E-state index contributed by atoms with van der Waals surface area (Å²) < 4.78 is 0. The first-order valence-corrected chi connectivity index (χ1v) is 10.3. The Labute approximate surface area is 145 Å². The molecule has 3 rings (SSSR count). The maximum atomic E-state index is 2.80. The summed E-state index contributed by atoms with van der Waals surface area (Å²) in [6.45, 7) is 18.8. The summed E-state index contributed by atoms with van der Waals surface area (Å²) in [5.41, 5.74) is 1.38. The number of hydrogen-bond donors (Lipinski definition) is 0. The average molecular weight is 321 g/mol. The summed E-state index contributed by atoms with van der Waals surface area (Å²) in [4.78, 5) is 5.45. The van der Waals surface area contributed by atoms with Crippen molar-refractivity contribution in [2.75, 3.05) is 32.7 Å². The normalized spacial score (nSPS) is 29.3. The highest BCUT2D eigenvalue weighted by Gasteiger charge is 2.53. The average Bonchev–Trinajstić information content (AvgIpc) is 2.48. The van der Waals surface area contributed by atoms with Crippen LogP contribution in [0.15, 0.2) is 0 Å². The quantitative estimate of drug-likeness (QED) is 0.744. The Morgan fingerprint density at radius 2 is 1.48 bits per heavy atom. The molecule has 2 saturated heterocycles. The molecule has 0 unspecified atom stereocenters. The Balaban J connectivity index is 1.39. The van der Waals surface area contributed by atoms with E-state index in [1.807, 2.05) is 0 Å². The maximum Gasteiger partial charge on any atom is 0.00385 e. The lowest BCUT2D eigenvalue weighted by atomic mass is 9.47. The molecule has 0 aromatic heterocycles. The molecule has 3 fully saturated rings. The molecule has 0 aromatic rings. The lowest BCUT2D eigenvalue weighted by Gasteiger charge is -2.60. The Kier molecular flexibility index (Phi) is 5.14. The van der Waals surface area contributed by atoms with Crippen molar-refractivity contribution in [3.05, 3.63) is 0 Å². The number of hydrogen-bond acceptors (Lipinski definition) is 2. The molecule has 2 nitrogen and oxygen atoms in total. The van der Waals surface area contributed by atoms with Crippen molar-refractivity contribution in [1.29, 1.82) is 0 Å². The maximum absolute atomic E-state index is 2.80. The highest BCUT2D eigenvalue weighted by Crippen LogP contribution is 2.62. The lowest BCUT2D eigenvalue weighted by molar-refractivity contribution is -0.0968. The van der Waals surface area contributed by atoms with E-state index in [9.17, 15) is 0 Å². The second-order valence-corrected chi connectivity index (χ2v) is 10.0. The Morgan fingerprint density at radius 1 is 0.913 bits per heavy atom. The van der Waals surface area contributed by atoms with Crippen molar-refractivity contribution in [2.45, 2.75) is 79.2 Å². The Hall–Kier alpha value is -0.0800. The summed E-state index contributed by atoms with van der Waals surface area (Å²) in [6.07, 6.45) is 8.79. The molecule has 1 spiro atoms. The zero-order chi connectivity index (χ0) is 16.7. The molecular weight excluding hydrogens is 280 g/mol. The fourth-order valence-corrected chi connectivity index (χ4v) is 5.65. The molecule has 1 aliphatic carbocycles. The molecule has 0 radical (unpaired) electrons. The van der Waals surface area contributed by atoms with Crippen LogP contribution < -0.4 is 0 Å². The van der Waals surface area contributed by atoms with Crippen LogP contribution in [-0.2, 0) is 0 Å². The van der Waals surface area contributed by atoms with Gasteiger partial charge in [-0.15, -0.1) is 0 Å². The van der Waals surface area contributed by atoms with Crippen LogP contribution in [0.2, 0.25) is 0 Å². The molecule has 0 aromatic carbocycles. The highest BCUT2D eigenvalue weighted by molar-refractivity contribution is 5.04. The first-order valence-electron chi connectivity index (χ1n) is 10.3. The standard InChI is InChI=1S/C21H40N2/c1-17(2)20(5)15-21(16-20)8-12-22(13-9-21)14-19-6-10-23(11-7-19)18(3)4/h17-19H,6-16H2,1-5H3.